The molecule has 0 radical (unpaired) electrons. The maximum atomic E-state index is 12.0. The third-order valence-electron chi connectivity index (χ3n) is 3.78. The Morgan fingerprint density at radius 1 is 1.43 bits per heavy atom. The maximum Gasteiger partial charge on any atom is 0.235 e. The second-order valence-electron chi connectivity index (χ2n) is 5.96. The van der Waals surface area contributed by atoms with Gasteiger partial charge in [-0.3, -0.25) is 4.79 Å². The SMILES string of the molecule is Cc1cccc(CN(CC(=O)NCC2CCCO2)S(C)(=O)=O)c1. The van der Waals surface area contributed by atoms with Gasteiger partial charge in [-0.1, -0.05) is 29.8 Å². The summed E-state index contributed by atoms with van der Waals surface area (Å²) in [4.78, 5) is 12.0. The topological polar surface area (TPSA) is 75.7 Å². The van der Waals surface area contributed by atoms with Crippen molar-refractivity contribution in [2.75, 3.05) is 26.0 Å². The summed E-state index contributed by atoms with van der Waals surface area (Å²) in [6.45, 7) is 3.11. The van der Waals surface area contributed by atoms with Crippen molar-refractivity contribution < 1.29 is 17.9 Å². The highest BCUT2D eigenvalue weighted by atomic mass is 32.2. The van der Waals surface area contributed by atoms with Crippen LogP contribution in [0, 0.1) is 6.92 Å². The summed E-state index contributed by atoms with van der Waals surface area (Å²) in [7, 11) is -3.47. The molecule has 0 spiro atoms. The minimum absolute atomic E-state index is 0.0439. The second-order valence-corrected chi connectivity index (χ2v) is 7.94. The van der Waals surface area contributed by atoms with E-state index >= 15 is 0 Å². The number of aryl methyl sites for hydroxylation is 1. The smallest absolute Gasteiger partial charge is 0.235 e. The first-order valence-corrected chi connectivity index (χ1v) is 9.58. The lowest BCUT2D eigenvalue weighted by molar-refractivity contribution is -0.121. The van der Waals surface area contributed by atoms with E-state index in [9.17, 15) is 13.2 Å². The third kappa shape index (κ3) is 5.93. The van der Waals surface area contributed by atoms with E-state index in [-0.39, 0.29) is 25.1 Å². The first kappa shape index (κ1) is 17.9. The molecule has 1 atom stereocenters. The Balaban J connectivity index is 1.94. The van der Waals surface area contributed by atoms with Gasteiger partial charge >= 0.3 is 0 Å². The fourth-order valence-electron chi connectivity index (χ4n) is 2.55. The Hall–Kier alpha value is -1.44. The molecule has 0 saturated carbocycles. The van der Waals surface area contributed by atoms with Crippen molar-refractivity contribution in [2.24, 2.45) is 0 Å². The number of hydrogen-bond donors (Lipinski definition) is 1. The van der Waals surface area contributed by atoms with Gasteiger partial charge in [-0.2, -0.15) is 4.31 Å². The number of amides is 1. The molecule has 2 rings (SSSR count). The van der Waals surface area contributed by atoms with Gasteiger partial charge in [0.1, 0.15) is 0 Å². The molecule has 1 amide bonds. The summed E-state index contributed by atoms with van der Waals surface area (Å²) in [5, 5.41) is 2.75. The Bertz CT molecular complexity index is 639. The van der Waals surface area contributed by atoms with Crippen molar-refractivity contribution in [3.63, 3.8) is 0 Å². The number of sulfonamides is 1. The molecule has 7 heteroatoms. The Morgan fingerprint density at radius 2 is 2.22 bits per heavy atom. The number of carbonyl (C=O) groups is 1. The molecule has 0 aromatic heterocycles. The Morgan fingerprint density at radius 3 is 2.83 bits per heavy atom. The van der Waals surface area contributed by atoms with E-state index < -0.39 is 10.0 Å². The molecular weight excluding hydrogens is 316 g/mol. The second kappa shape index (κ2) is 7.90. The van der Waals surface area contributed by atoms with E-state index in [0.717, 1.165) is 36.8 Å². The van der Waals surface area contributed by atoms with Crippen LogP contribution in [0.25, 0.3) is 0 Å². The van der Waals surface area contributed by atoms with E-state index in [2.05, 4.69) is 5.32 Å². The molecule has 1 aliphatic heterocycles. The van der Waals surface area contributed by atoms with Crippen LogP contribution in [0.1, 0.15) is 24.0 Å². The van der Waals surface area contributed by atoms with Gasteiger partial charge in [-0.05, 0) is 25.3 Å². The van der Waals surface area contributed by atoms with Crippen molar-refractivity contribution in [3.8, 4) is 0 Å². The van der Waals surface area contributed by atoms with Gasteiger partial charge < -0.3 is 10.1 Å². The van der Waals surface area contributed by atoms with Gasteiger partial charge in [-0.15, -0.1) is 0 Å². The van der Waals surface area contributed by atoms with Crippen LogP contribution in [0.2, 0.25) is 0 Å². The molecule has 23 heavy (non-hydrogen) atoms. The van der Waals surface area contributed by atoms with Crippen LogP contribution in [0.5, 0.6) is 0 Å². The molecule has 1 unspecified atom stereocenters. The van der Waals surface area contributed by atoms with Crippen molar-refractivity contribution >= 4 is 15.9 Å². The number of benzene rings is 1. The largest absolute Gasteiger partial charge is 0.376 e. The molecule has 1 aromatic rings. The van der Waals surface area contributed by atoms with Crippen molar-refractivity contribution in [1.29, 1.82) is 0 Å². The van der Waals surface area contributed by atoms with Gasteiger partial charge in [0.25, 0.3) is 0 Å². The highest BCUT2D eigenvalue weighted by Crippen LogP contribution is 2.12. The Labute approximate surface area is 137 Å². The van der Waals surface area contributed by atoms with Gasteiger partial charge in [0.2, 0.25) is 15.9 Å². The van der Waals surface area contributed by atoms with Gasteiger partial charge in [0, 0.05) is 19.7 Å². The molecule has 1 aliphatic rings. The van der Waals surface area contributed by atoms with E-state index in [1.807, 2.05) is 31.2 Å². The minimum Gasteiger partial charge on any atom is -0.376 e. The van der Waals surface area contributed by atoms with E-state index in [1.54, 1.807) is 0 Å². The van der Waals surface area contributed by atoms with E-state index in [1.165, 1.54) is 4.31 Å². The number of ether oxygens (including phenoxy) is 1. The summed E-state index contributed by atoms with van der Waals surface area (Å²) in [6, 6.07) is 7.60. The fourth-order valence-corrected chi connectivity index (χ4v) is 3.29. The van der Waals surface area contributed by atoms with Gasteiger partial charge in [-0.25, -0.2) is 8.42 Å². The average molecular weight is 340 g/mol. The zero-order chi connectivity index (χ0) is 16.9. The highest BCUT2D eigenvalue weighted by Gasteiger charge is 2.22. The molecule has 1 saturated heterocycles. The normalized spacial score (nSPS) is 18.3. The quantitative estimate of drug-likeness (QED) is 0.805. The van der Waals surface area contributed by atoms with Crippen molar-refractivity contribution in [3.05, 3.63) is 35.4 Å². The lowest BCUT2D eigenvalue weighted by Gasteiger charge is -2.20. The number of carbonyl (C=O) groups excluding carboxylic acids is 1. The molecule has 1 fully saturated rings. The Kier molecular flexibility index (Phi) is 6.15. The third-order valence-corrected chi connectivity index (χ3v) is 4.98. The van der Waals surface area contributed by atoms with E-state index in [4.69, 9.17) is 4.74 Å². The molecule has 1 N–H and O–H groups in total. The van der Waals surface area contributed by atoms with Gasteiger partial charge in [0.15, 0.2) is 0 Å². The molecule has 0 bridgehead atoms. The maximum absolute atomic E-state index is 12.0. The van der Waals surface area contributed by atoms with Crippen LogP contribution >= 0.6 is 0 Å². The van der Waals surface area contributed by atoms with Crippen LogP contribution in [0.15, 0.2) is 24.3 Å². The predicted molar refractivity (Wildman–Crippen MR) is 88.4 cm³/mol. The van der Waals surface area contributed by atoms with Crippen molar-refractivity contribution in [2.45, 2.75) is 32.4 Å². The summed E-state index contributed by atoms with van der Waals surface area (Å²) in [5.74, 6) is -0.307. The fraction of sp³-hybridized carbons (Fsp3) is 0.562. The highest BCUT2D eigenvalue weighted by molar-refractivity contribution is 7.88. The monoisotopic (exact) mass is 340 g/mol. The van der Waals surface area contributed by atoms with Crippen LogP contribution in [-0.2, 0) is 26.1 Å². The lowest BCUT2D eigenvalue weighted by Crippen LogP contribution is -2.42. The predicted octanol–water partition coefficient (Wildman–Crippen LogP) is 1.05. The summed E-state index contributed by atoms with van der Waals surface area (Å²) < 4.78 is 30.5. The lowest BCUT2D eigenvalue weighted by atomic mass is 10.1. The van der Waals surface area contributed by atoms with E-state index in [0.29, 0.717) is 6.54 Å². The molecular formula is C16H24N2O4S. The summed E-state index contributed by atoms with van der Waals surface area (Å²) in [6.07, 6.45) is 3.10. The first-order chi connectivity index (χ1) is 10.8. The molecule has 1 heterocycles. The zero-order valence-corrected chi connectivity index (χ0v) is 14.4. The summed E-state index contributed by atoms with van der Waals surface area (Å²) in [5.41, 5.74) is 1.92. The molecule has 128 valence electrons. The number of rotatable bonds is 7. The van der Waals surface area contributed by atoms with Crippen LogP contribution in [0.3, 0.4) is 0 Å². The van der Waals surface area contributed by atoms with Gasteiger partial charge in [0.05, 0.1) is 18.9 Å². The molecule has 6 nitrogen and oxygen atoms in total. The first-order valence-electron chi connectivity index (χ1n) is 7.73. The van der Waals surface area contributed by atoms with Crippen molar-refractivity contribution in [1.82, 2.24) is 9.62 Å². The number of hydrogen-bond acceptors (Lipinski definition) is 4. The zero-order valence-electron chi connectivity index (χ0n) is 13.6. The standard InChI is InChI=1S/C16H24N2O4S/c1-13-5-3-6-14(9-13)11-18(23(2,20)21)12-16(19)17-10-15-7-4-8-22-15/h3,5-6,9,15H,4,7-8,10-12H2,1-2H3,(H,17,19). The summed E-state index contributed by atoms with van der Waals surface area (Å²) >= 11 is 0. The molecule has 0 aliphatic carbocycles. The van der Waals surface area contributed by atoms with Crippen LogP contribution < -0.4 is 5.32 Å². The minimum atomic E-state index is -3.47. The van der Waals surface area contributed by atoms with Crippen LogP contribution in [-0.4, -0.2) is 50.7 Å². The number of nitrogens with zero attached hydrogens (tertiary/aromatic N) is 1. The van der Waals surface area contributed by atoms with Crippen LogP contribution in [0.4, 0.5) is 0 Å². The average Bonchev–Trinajstić information content (AvgIpc) is 2.97. The number of nitrogens with one attached hydrogen (secondary N) is 1. The molecule has 1 aromatic carbocycles.